The van der Waals surface area contributed by atoms with E-state index in [-0.39, 0.29) is 11.4 Å². The van der Waals surface area contributed by atoms with Crippen LogP contribution in [0, 0.1) is 0 Å². The summed E-state index contributed by atoms with van der Waals surface area (Å²) in [6.07, 6.45) is -3.63. The highest BCUT2D eigenvalue weighted by Gasteiger charge is 2.32. The third kappa shape index (κ3) is 6.26. The van der Waals surface area contributed by atoms with Crippen molar-refractivity contribution >= 4 is 27.3 Å². The van der Waals surface area contributed by atoms with Crippen LogP contribution < -0.4 is 14.4 Å². The molecule has 174 valence electrons. The summed E-state index contributed by atoms with van der Waals surface area (Å²) in [6, 6.07) is 17.9. The Morgan fingerprint density at radius 1 is 0.939 bits per heavy atom. The first kappa shape index (κ1) is 24.1. The van der Waals surface area contributed by atoms with Gasteiger partial charge >= 0.3 is 6.18 Å². The second-order valence-electron chi connectivity index (χ2n) is 7.21. The molecule has 0 aliphatic heterocycles. The fraction of sp³-hybridized carbons (Fsp3) is 0.174. The molecule has 0 bridgehead atoms. The molecule has 0 fully saturated rings. The zero-order valence-corrected chi connectivity index (χ0v) is 18.5. The Bertz CT molecular complexity index is 1210. The van der Waals surface area contributed by atoms with Gasteiger partial charge in [0.2, 0.25) is 15.9 Å². The largest absolute Gasteiger partial charge is 0.457 e. The number of hydrogen-bond acceptors (Lipinski definition) is 4. The Labute approximate surface area is 189 Å². The van der Waals surface area contributed by atoms with E-state index < -0.39 is 33.7 Å². The number of amides is 1. The van der Waals surface area contributed by atoms with Crippen molar-refractivity contribution in [2.45, 2.75) is 19.1 Å². The number of benzene rings is 3. The molecule has 0 saturated heterocycles. The standard InChI is InChI=1S/C23H21F3N2O4S/c1-16(22(29)27-18-8-6-7-17(15-18)23(24,25)26)28(33(2,30)31)19-11-13-21(14-12-19)32-20-9-4-3-5-10-20/h3-16H,1-2H3,(H,27,29)/t16-/m1/s1. The summed E-state index contributed by atoms with van der Waals surface area (Å²) in [5, 5.41) is 2.35. The summed E-state index contributed by atoms with van der Waals surface area (Å²) in [5.41, 5.74) is -0.826. The van der Waals surface area contributed by atoms with Crippen molar-refractivity contribution in [3.05, 3.63) is 84.4 Å². The molecule has 0 radical (unpaired) electrons. The van der Waals surface area contributed by atoms with E-state index in [0.29, 0.717) is 11.5 Å². The van der Waals surface area contributed by atoms with Crippen molar-refractivity contribution in [2.24, 2.45) is 0 Å². The fourth-order valence-electron chi connectivity index (χ4n) is 3.11. The van der Waals surface area contributed by atoms with E-state index in [1.165, 1.54) is 25.1 Å². The van der Waals surface area contributed by atoms with Crippen molar-refractivity contribution in [3.8, 4) is 11.5 Å². The summed E-state index contributed by atoms with van der Waals surface area (Å²) in [6.45, 7) is 1.35. The predicted molar refractivity (Wildman–Crippen MR) is 120 cm³/mol. The molecule has 0 heterocycles. The lowest BCUT2D eigenvalue weighted by Crippen LogP contribution is -2.45. The van der Waals surface area contributed by atoms with Crippen LogP contribution in [0.25, 0.3) is 0 Å². The zero-order valence-electron chi connectivity index (χ0n) is 17.7. The molecular formula is C23H21F3N2O4S. The normalized spacial score (nSPS) is 12.6. The molecule has 10 heteroatoms. The molecule has 6 nitrogen and oxygen atoms in total. The molecule has 0 aliphatic carbocycles. The molecule has 3 aromatic rings. The minimum atomic E-state index is -4.57. The number of carbonyl (C=O) groups excluding carboxylic acids is 1. The third-order valence-electron chi connectivity index (χ3n) is 4.62. The SMILES string of the molecule is C[C@H](C(=O)Nc1cccc(C(F)(F)F)c1)N(c1ccc(Oc2ccccc2)cc1)S(C)(=O)=O. The van der Waals surface area contributed by atoms with Crippen LogP contribution in [0.2, 0.25) is 0 Å². The van der Waals surface area contributed by atoms with Crippen LogP contribution in [0.3, 0.4) is 0 Å². The molecule has 3 aromatic carbocycles. The van der Waals surface area contributed by atoms with Crippen LogP contribution in [-0.2, 0) is 21.0 Å². The van der Waals surface area contributed by atoms with E-state index in [4.69, 9.17) is 4.74 Å². The van der Waals surface area contributed by atoms with Crippen molar-refractivity contribution in [1.29, 1.82) is 0 Å². The number of rotatable bonds is 7. The summed E-state index contributed by atoms with van der Waals surface area (Å²) < 4.78 is 70.3. The first-order chi connectivity index (χ1) is 15.4. The molecule has 0 aliphatic rings. The lowest BCUT2D eigenvalue weighted by molar-refractivity contribution is -0.137. The molecule has 1 atom stereocenters. The van der Waals surface area contributed by atoms with Crippen LogP contribution in [0.15, 0.2) is 78.9 Å². The van der Waals surface area contributed by atoms with Gasteiger partial charge in [0.15, 0.2) is 0 Å². The highest BCUT2D eigenvalue weighted by atomic mass is 32.2. The number of nitrogens with zero attached hydrogens (tertiary/aromatic N) is 1. The third-order valence-corrected chi connectivity index (χ3v) is 5.86. The van der Waals surface area contributed by atoms with Crippen LogP contribution in [0.1, 0.15) is 12.5 Å². The van der Waals surface area contributed by atoms with Gasteiger partial charge in [-0.25, -0.2) is 8.42 Å². The van der Waals surface area contributed by atoms with Crippen molar-refractivity contribution < 1.29 is 31.1 Å². The van der Waals surface area contributed by atoms with Crippen LogP contribution in [0.5, 0.6) is 11.5 Å². The summed E-state index contributed by atoms with van der Waals surface area (Å²) in [7, 11) is -3.91. The topological polar surface area (TPSA) is 75.7 Å². The number of carbonyl (C=O) groups is 1. The Morgan fingerprint density at radius 3 is 2.12 bits per heavy atom. The van der Waals surface area contributed by atoms with Crippen LogP contribution in [0.4, 0.5) is 24.5 Å². The predicted octanol–water partition coefficient (Wildman–Crippen LogP) is 5.29. The van der Waals surface area contributed by atoms with E-state index in [0.717, 1.165) is 28.8 Å². The highest BCUT2D eigenvalue weighted by molar-refractivity contribution is 7.92. The first-order valence-corrected chi connectivity index (χ1v) is 11.6. The Hall–Kier alpha value is -3.53. The molecular weight excluding hydrogens is 457 g/mol. The number of alkyl halides is 3. The lowest BCUT2D eigenvalue weighted by atomic mass is 10.2. The average Bonchev–Trinajstić information content (AvgIpc) is 2.74. The second kappa shape index (κ2) is 9.53. The molecule has 0 spiro atoms. The zero-order chi connectivity index (χ0) is 24.2. The number of para-hydroxylation sites is 1. The van der Waals surface area contributed by atoms with Gasteiger partial charge in [-0.05, 0) is 61.5 Å². The van der Waals surface area contributed by atoms with Gasteiger partial charge in [0, 0.05) is 5.69 Å². The summed E-state index contributed by atoms with van der Waals surface area (Å²) >= 11 is 0. The number of halogens is 3. The van der Waals surface area contributed by atoms with Crippen LogP contribution >= 0.6 is 0 Å². The summed E-state index contributed by atoms with van der Waals surface area (Å²) in [4.78, 5) is 12.7. The maximum absolute atomic E-state index is 12.9. The molecule has 1 amide bonds. The van der Waals surface area contributed by atoms with E-state index in [2.05, 4.69) is 5.32 Å². The molecule has 33 heavy (non-hydrogen) atoms. The van der Waals surface area contributed by atoms with E-state index >= 15 is 0 Å². The van der Waals surface area contributed by atoms with Gasteiger partial charge in [0.05, 0.1) is 17.5 Å². The minimum Gasteiger partial charge on any atom is -0.457 e. The highest BCUT2D eigenvalue weighted by Crippen LogP contribution is 2.31. The first-order valence-electron chi connectivity index (χ1n) is 9.75. The molecule has 0 saturated carbocycles. The van der Waals surface area contributed by atoms with Gasteiger partial charge in [0.25, 0.3) is 0 Å². The van der Waals surface area contributed by atoms with Crippen molar-refractivity contribution in [2.75, 3.05) is 15.9 Å². The Kier molecular flexibility index (Phi) is 6.97. The van der Waals surface area contributed by atoms with Crippen molar-refractivity contribution in [3.63, 3.8) is 0 Å². The maximum Gasteiger partial charge on any atom is 0.416 e. The van der Waals surface area contributed by atoms with Gasteiger partial charge in [-0.3, -0.25) is 9.10 Å². The van der Waals surface area contributed by atoms with E-state index in [1.807, 2.05) is 6.07 Å². The second-order valence-corrected chi connectivity index (χ2v) is 9.07. The van der Waals surface area contributed by atoms with Gasteiger partial charge in [0.1, 0.15) is 17.5 Å². The number of nitrogens with one attached hydrogen (secondary N) is 1. The number of sulfonamides is 1. The van der Waals surface area contributed by atoms with E-state index in [1.54, 1.807) is 36.4 Å². The number of anilines is 2. The quantitative estimate of drug-likeness (QED) is 0.501. The average molecular weight is 478 g/mol. The molecule has 0 unspecified atom stereocenters. The minimum absolute atomic E-state index is 0.0956. The molecule has 0 aromatic heterocycles. The van der Waals surface area contributed by atoms with E-state index in [9.17, 15) is 26.4 Å². The van der Waals surface area contributed by atoms with Gasteiger partial charge < -0.3 is 10.1 Å². The molecule has 1 N–H and O–H groups in total. The molecule has 3 rings (SSSR count). The van der Waals surface area contributed by atoms with Crippen LogP contribution in [-0.4, -0.2) is 26.6 Å². The van der Waals surface area contributed by atoms with Gasteiger partial charge in [-0.1, -0.05) is 24.3 Å². The van der Waals surface area contributed by atoms with Gasteiger partial charge in [-0.15, -0.1) is 0 Å². The lowest BCUT2D eigenvalue weighted by Gasteiger charge is -2.28. The monoisotopic (exact) mass is 478 g/mol. The Morgan fingerprint density at radius 2 is 1.55 bits per heavy atom. The Balaban J connectivity index is 1.80. The van der Waals surface area contributed by atoms with Crippen molar-refractivity contribution in [1.82, 2.24) is 0 Å². The number of hydrogen-bond donors (Lipinski definition) is 1. The number of ether oxygens (including phenoxy) is 1. The summed E-state index contributed by atoms with van der Waals surface area (Å²) in [5.74, 6) is 0.267. The fourth-order valence-corrected chi connectivity index (χ4v) is 4.29. The smallest absolute Gasteiger partial charge is 0.416 e. The maximum atomic E-state index is 12.9. The van der Waals surface area contributed by atoms with Gasteiger partial charge in [-0.2, -0.15) is 13.2 Å².